The largest absolute Gasteiger partial charge is 0.494 e. The third-order valence-electron chi connectivity index (χ3n) is 6.21. The molecule has 0 fully saturated rings. The molecule has 0 bridgehead atoms. The molecule has 1 aliphatic heterocycles. The molecule has 0 saturated carbocycles. The highest BCUT2D eigenvalue weighted by Gasteiger charge is 2.21. The lowest BCUT2D eigenvalue weighted by Crippen LogP contribution is -2.22. The van der Waals surface area contributed by atoms with Crippen LogP contribution in [0.5, 0.6) is 5.75 Å². The Bertz CT molecular complexity index is 1190. The van der Waals surface area contributed by atoms with E-state index in [1.807, 2.05) is 24.5 Å². The molecule has 4 heterocycles. The Morgan fingerprint density at radius 3 is 3.00 bits per heavy atom. The minimum Gasteiger partial charge on any atom is -0.494 e. The van der Waals surface area contributed by atoms with Gasteiger partial charge in [0.05, 0.1) is 18.0 Å². The van der Waals surface area contributed by atoms with Crippen LogP contribution in [-0.2, 0) is 6.54 Å². The van der Waals surface area contributed by atoms with Gasteiger partial charge in [-0.2, -0.15) is 0 Å². The molecule has 2 N–H and O–H groups in total. The summed E-state index contributed by atoms with van der Waals surface area (Å²) >= 11 is 0. The summed E-state index contributed by atoms with van der Waals surface area (Å²) < 4.78 is 8.20. The Kier molecular flexibility index (Phi) is 5.84. The third-order valence-corrected chi connectivity index (χ3v) is 6.21. The first-order valence-corrected chi connectivity index (χ1v) is 11.6. The average Bonchev–Trinajstić information content (AvgIpc) is 3.44. The minimum atomic E-state index is 0.442. The van der Waals surface area contributed by atoms with Crippen molar-refractivity contribution in [2.75, 3.05) is 18.5 Å². The van der Waals surface area contributed by atoms with E-state index < -0.39 is 0 Å². The van der Waals surface area contributed by atoms with Crippen molar-refractivity contribution in [1.29, 1.82) is 0 Å². The van der Waals surface area contributed by atoms with E-state index in [0.717, 1.165) is 59.8 Å². The first-order chi connectivity index (χ1) is 15.7. The van der Waals surface area contributed by atoms with Gasteiger partial charge in [-0.05, 0) is 61.6 Å². The number of imidazole rings is 1. The molecule has 0 unspecified atom stereocenters. The number of nitrogens with zero attached hydrogens (tertiary/aromatic N) is 3. The Labute approximate surface area is 189 Å². The quantitative estimate of drug-likeness (QED) is 0.369. The first kappa shape index (κ1) is 20.6. The Balaban J connectivity index is 1.28. The fourth-order valence-corrected chi connectivity index (χ4v) is 4.38. The lowest BCUT2D eigenvalue weighted by molar-refractivity contribution is 0.290. The maximum atomic E-state index is 5.92. The van der Waals surface area contributed by atoms with Crippen LogP contribution in [0, 0.1) is 5.92 Å². The molecule has 5 rings (SSSR count). The highest BCUT2D eigenvalue weighted by atomic mass is 16.5. The van der Waals surface area contributed by atoms with Gasteiger partial charge in [0.25, 0.3) is 0 Å². The van der Waals surface area contributed by atoms with Gasteiger partial charge in [0, 0.05) is 54.2 Å². The number of hydrogen-bond acceptors (Lipinski definition) is 4. The summed E-state index contributed by atoms with van der Waals surface area (Å²) in [5.41, 5.74) is 4.11. The molecule has 0 amide bonds. The van der Waals surface area contributed by atoms with Gasteiger partial charge in [-0.1, -0.05) is 13.8 Å². The van der Waals surface area contributed by atoms with E-state index in [0.29, 0.717) is 11.8 Å². The smallest absolute Gasteiger partial charge is 0.120 e. The van der Waals surface area contributed by atoms with Crippen LogP contribution in [0.25, 0.3) is 22.3 Å². The summed E-state index contributed by atoms with van der Waals surface area (Å²) in [7, 11) is 0. The molecule has 1 aromatic carbocycles. The molecule has 4 aromatic rings. The van der Waals surface area contributed by atoms with Gasteiger partial charge in [-0.25, -0.2) is 4.98 Å². The van der Waals surface area contributed by atoms with Gasteiger partial charge in [-0.3, -0.25) is 4.98 Å². The summed E-state index contributed by atoms with van der Waals surface area (Å²) in [6.45, 7) is 7.13. The second kappa shape index (κ2) is 9.07. The van der Waals surface area contributed by atoms with Crippen molar-refractivity contribution in [1.82, 2.24) is 19.5 Å². The molecular formula is C26H31N5O. The predicted molar refractivity (Wildman–Crippen MR) is 129 cm³/mol. The number of nitrogens with one attached hydrogen (secondary N) is 2. The van der Waals surface area contributed by atoms with Crippen LogP contribution in [0.15, 0.2) is 55.0 Å². The lowest BCUT2D eigenvalue weighted by atomic mass is 9.99. The zero-order valence-corrected chi connectivity index (χ0v) is 18.8. The SMILES string of the molecule is CC(C)CCOc1ccc2[nH]c(-c3cc(NC[C@@H]4CCCn5ccnc54)ccn3)cc2c1. The van der Waals surface area contributed by atoms with E-state index in [1.54, 1.807) is 0 Å². The van der Waals surface area contributed by atoms with E-state index >= 15 is 0 Å². The van der Waals surface area contributed by atoms with Crippen LogP contribution in [0.2, 0.25) is 0 Å². The van der Waals surface area contributed by atoms with Crippen molar-refractivity contribution in [2.24, 2.45) is 5.92 Å². The zero-order valence-electron chi connectivity index (χ0n) is 18.8. The Morgan fingerprint density at radius 2 is 2.09 bits per heavy atom. The molecule has 3 aromatic heterocycles. The number of ether oxygens (including phenoxy) is 1. The van der Waals surface area contributed by atoms with E-state index in [2.05, 4.69) is 69.1 Å². The number of hydrogen-bond donors (Lipinski definition) is 2. The Morgan fingerprint density at radius 1 is 1.16 bits per heavy atom. The molecule has 6 nitrogen and oxygen atoms in total. The number of fused-ring (bicyclic) bond motifs is 2. The van der Waals surface area contributed by atoms with Crippen LogP contribution in [0.4, 0.5) is 5.69 Å². The molecule has 166 valence electrons. The van der Waals surface area contributed by atoms with Crippen LogP contribution in [-0.4, -0.2) is 32.7 Å². The van der Waals surface area contributed by atoms with E-state index in [1.165, 1.54) is 18.7 Å². The van der Waals surface area contributed by atoms with Gasteiger partial charge >= 0.3 is 0 Å². The maximum Gasteiger partial charge on any atom is 0.120 e. The van der Waals surface area contributed by atoms with Crippen molar-refractivity contribution < 1.29 is 4.74 Å². The van der Waals surface area contributed by atoms with Crippen molar-refractivity contribution in [3.63, 3.8) is 0 Å². The molecule has 0 spiro atoms. The molecule has 0 saturated heterocycles. The van der Waals surface area contributed by atoms with Gasteiger partial charge in [0.2, 0.25) is 0 Å². The van der Waals surface area contributed by atoms with Gasteiger partial charge < -0.3 is 19.6 Å². The second-order valence-electron chi connectivity index (χ2n) is 9.09. The second-order valence-corrected chi connectivity index (χ2v) is 9.09. The van der Waals surface area contributed by atoms with E-state index in [9.17, 15) is 0 Å². The fourth-order valence-electron chi connectivity index (χ4n) is 4.38. The van der Waals surface area contributed by atoms with Crippen LogP contribution >= 0.6 is 0 Å². The highest BCUT2D eigenvalue weighted by molar-refractivity contribution is 5.86. The topological polar surface area (TPSA) is 67.8 Å². The number of aromatic amines is 1. The molecule has 0 radical (unpaired) electrons. The molecule has 32 heavy (non-hydrogen) atoms. The number of anilines is 1. The monoisotopic (exact) mass is 429 g/mol. The van der Waals surface area contributed by atoms with Crippen molar-refractivity contribution >= 4 is 16.6 Å². The normalized spacial score (nSPS) is 15.8. The van der Waals surface area contributed by atoms with E-state index in [-0.39, 0.29) is 0 Å². The van der Waals surface area contributed by atoms with Crippen molar-refractivity contribution in [2.45, 2.75) is 45.6 Å². The number of rotatable bonds is 8. The number of H-pyrrole nitrogens is 1. The number of pyridine rings is 1. The highest BCUT2D eigenvalue weighted by Crippen LogP contribution is 2.29. The van der Waals surface area contributed by atoms with Gasteiger partial charge in [0.1, 0.15) is 11.6 Å². The number of aryl methyl sites for hydroxylation is 1. The van der Waals surface area contributed by atoms with Crippen molar-refractivity contribution in [3.8, 4) is 17.1 Å². The predicted octanol–water partition coefficient (Wildman–Crippen LogP) is 5.84. The van der Waals surface area contributed by atoms with Gasteiger partial charge in [-0.15, -0.1) is 0 Å². The number of aromatic nitrogens is 4. The van der Waals surface area contributed by atoms with Crippen LogP contribution in [0.3, 0.4) is 0 Å². The summed E-state index contributed by atoms with van der Waals surface area (Å²) in [5.74, 6) is 3.19. The molecule has 0 aliphatic carbocycles. The average molecular weight is 430 g/mol. The first-order valence-electron chi connectivity index (χ1n) is 11.6. The zero-order chi connectivity index (χ0) is 21.9. The van der Waals surface area contributed by atoms with Gasteiger partial charge in [0.15, 0.2) is 0 Å². The third kappa shape index (κ3) is 4.49. The fraction of sp³-hybridized carbons (Fsp3) is 0.385. The van der Waals surface area contributed by atoms with E-state index in [4.69, 9.17) is 4.74 Å². The standard InChI is InChI=1S/C26H31N5O/c1-18(2)8-13-32-22-5-6-23-20(14-22)15-25(30-23)24-16-21(7-9-27-24)29-17-19-4-3-11-31-12-10-28-26(19)31/h5-7,9-10,12,14-16,18-19,30H,3-4,8,11,13,17H2,1-2H3,(H,27,29)/t19-/m0/s1. The Hall–Kier alpha value is -3.28. The number of benzene rings is 1. The molecule has 1 atom stereocenters. The maximum absolute atomic E-state index is 5.92. The lowest BCUT2D eigenvalue weighted by Gasteiger charge is -2.24. The molecule has 6 heteroatoms. The molecular weight excluding hydrogens is 398 g/mol. The minimum absolute atomic E-state index is 0.442. The summed E-state index contributed by atoms with van der Waals surface area (Å²) in [4.78, 5) is 12.7. The van der Waals surface area contributed by atoms with Crippen molar-refractivity contribution in [3.05, 3.63) is 60.8 Å². The summed E-state index contributed by atoms with van der Waals surface area (Å²) in [6.07, 6.45) is 9.30. The summed E-state index contributed by atoms with van der Waals surface area (Å²) in [6, 6.07) is 12.5. The summed E-state index contributed by atoms with van der Waals surface area (Å²) in [5, 5.41) is 4.74. The van der Waals surface area contributed by atoms with Crippen LogP contribution in [0.1, 0.15) is 44.9 Å². The van der Waals surface area contributed by atoms with Crippen LogP contribution < -0.4 is 10.1 Å². The molecule has 1 aliphatic rings.